The average Bonchev–Trinajstić information content (AvgIpc) is 3.32. The van der Waals surface area contributed by atoms with E-state index in [2.05, 4.69) is 15.4 Å². The van der Waals surface area contributed by atoms with Crippen molar-refractivity contribution < 1.29 is 4.92 Å². The van der Waals surface area contributed by atoms with Gasteiger partial charge in [-0.15, -0.1) is 0 Å². The minimum Gasteiger partial charge on any atom is -0.308 e. The van der Waals surface area contributed by atoms with Crippen LogP contribution in [0.15, 0.2) is 40.3 Å². The second-order valence-electron chi connectivity index (χ2n) is 4.70. The number of benzene rings is 1. The van der Waals surface area contributed by atoms with Gasteiger partial charge in [0.05, 0.1) is 9.82 Å². The predicted octanol–water partition coefficient (Wildman–Crippen LogP) is 2.70. The van der Waals surface area contributed by atoms with Gasteiger partial charge in [-0.05, 0) is 18.9 Å². The Kier molecular flexibility index (Phi) is 3.72. The molecule has 0 bridgehead atoms. The highest BCUT2D eigenvalue weighted by Gasteiger charge is 2.27. The molecule has 0 radical (unpaired) electrons. The van der Waals surface area contributed by atoms with Gasteiger partial charge in [-0.1, -0.05) is 23.9 Å². The lowest BCUT2D eigenvalue weighted by molar-refractivity contribution is -0.387. The third-order valence-electron chi connectivity index (χ3n) is 3.09. The molecular formula is C13H13N5O2S. The third-order valence-corrected chi connectivity index (χ3v) is 4.07. The molecular weight excluding hydrogens is 290 g/mol. The summed E-state index contributed by atoms with van der Waals surface area (Å²) in [5.41, 5.74) is 2.58. The molecule has 3 N–H and O–H groups in total. The molecule has 1 aliphatic carbocycles. The number of nitrogens with two attached hydrogens (primary N) is 1. The van der Waals surface area contributed by atoms with Crippen molar-refractivity contribution in [2.45, 2.75) is 28.7 Å². The molecule has 0 aliphatic heterocycles. The SMILES string of the molecule is NNc1cc(Sc2ccccc2[N+](=O)[O-])nc(C2CC2)n1. The van der Waals surface area contributed by atoms with Crippen molar-refractivity contribution in [3.63, 3.8) is 0 Å². The van der Waals surface area contributed by atoms with E-state index in [4.69, 9.17) is 5.84 Å². The van der Waals surface area contributed by atoms with Crippen LogP contribution in [-0.2, 0) is 0 Å². The average molecular weight is 303 g/mol. The second-order valence-corrected chi connectivity index (χ2v) is 5.76. The molecule has 0 spiro atoms. The number of para-hydroxylation sites is 1. The minimum atomic E-state index is -0.395. The summed E-state index contributed by atoms with van der Waals surface area (Å²) in [5.74, 6) is 7.06. The molecule has 1 heterocycles. The Morgan fingerprint density at radius 3 is 2.76 bits per heavy atom. The number of nitro groups is 1. The number of nitro benzene ring substituents is 1. The molecule has 1 aliphatic rings. The van der Waals surface area contributed by atoms with E-state index in [0.717, 1.165) is 18.7 Å². The van der Waals surface area contributed by atoms with Crippen molar-refractivity contribution in [1.29, 1.82) is 0 Å². The van der Waals surface area contributed by atoms with Crippen LogP contribution in [0.2, 0.25) is 0 Å². The molecule has 21 heavy (non-hydrogen) atoms. The van der Waals surface area contributed by atoms with Crippen molar-refractivity contribution in [2.75, 3.05) is 5.43 Å². The molecule has 0 unspecified atom stereocenters. The van der Waals surface area contributed by atoms with Gasteiger partial charge < -0.3 is 5.43 Å². The number of anilines is 1. The molecule has 1 fully saturated rings. The first-order valence-electron chi connectivity index (χ1n) is 6.44. The summed E-state index contributed by atoms with van der Waals surface area (Å²) in [6, 6.07) is 8.28. The first-order valence-corrected chi connectivity index (χ1v) is 7.26. The van der Waals surface area contributed by atoms with Gasteiger partial charge in [0, 0.05) is 18.1 Å². The van der Waals surface area contributed by atoms with Gasteiger partial charge in [0.25, 0.3) is 5.69 Å². The highest BCUT2D eigenvalue weighted by atomic mass is 32.2. The second kappa shape index (κ2) is 5.66. The summed E-state index contributed by atoms with van der Waals surface area (Å²) < 4.78 is 0. The Balaban J connectivity index is 1.94. The summed E-state index contributed by atoms with van der Waals surface area (Å²) in [7, 11) is 0. The van der Waals surface area contributed by atoms with Crippen LogP contribution in [0.5, 0.6) is 0 Å². The lowest BCUT2D eigenvalue weighted by Gasteiger charge is -2.07. The number of hydrogen-bond acceptors (Lipinski definition) is 7. The van der Waals surface area contributed by atoms with Gasteiger partial charge in [0.1, 0.15) is 16.7 Å². The zero-order valence-electron chi connectivity index (χ0n) is 11.0. The number of aromatic nitrogens is 2. The van der Waals surface area contributed by atoms with Gasteiger partial charge in [0.15, 0.2) is 0 Å². The Morgan fingerprint density at radius 2 is 2.10 bits per heavy atom. The molecule has 2 aromatic rings. The van der Waals surface area contributed by atoms with Crippen molar-refractivity contribution in [1.82, 2.24) is 9.97 Å². The molecule has 1 aromatic carbocycles. The van der Waals surface area contributed by atoms with Crippen LogP contribution in [0.4, 0.5) is 11.5 Å². The van der Waals surface area contributed by atoms with E-state index in [9.17, 15) is 10.1 Å². The van der Waals surface area contributed by atoms with Gasteiger partial charge in [-0.2, -0.15) is 0 Å². The fourth-order valence-corrected chi connectivity index (χ4v) is 2.83. The van der Waals surface area contributed by atoms with E-state index in [-0.39, 0.29) is 5.69 Å². The van der Waals surface area contributed by atoms with Gasteiger partial charge >= 0.3 is 0 Å². The standard InChI is InChI=1S/C13H13N5O2S/c14-17-11-7-12(16-13(15-11)8-5-6-8)21-10-4-2-1-3-9(10)18(19)20/h1-4,7-8H,5-6,14H2,(H,15,16,17). The normalized spacial score (nSPS) is 14.0. The van der Waals surface area contributed by atoms with Crippen LogP contribution in [0.3, 0.4) is 0 Å². The van der Waals surface area contributed by atoms with Crippen LogP contribution >= 0.6 is 11.8 Å². The summed E-state index contributed by atoms with van der Waals surface area (Å²) in [6.07, 6.45) is 2.15. The van der Waals surface area contributed by atoms with Crippen LogP contribution in [0.25, 0.3) is 0 Å². The number of nitrogens with zero attached hydrogens (tertiary/aromatic N) is 3. The van der Waals surface area contributed by atoms with E-state index < -0.39 is 4.92 Å². The third kappa shape index (κ3) is 3.11. The monoisotopic (exact) mass is 303 g/mol. The van der Waals surface area contributed by atoms with Crippen molar-refractivity contribution in [3.05, 3.63) is 46.3 Å². The van der Waals surface area contributed by atoms with E-state index in [1.54, 1.807) is 24.3 Å². The smallest absolute Gasteiger partial charge is 0.283 e. The van der Waals surface area contributed by atoms with E-state index in [0.29, 0.717) is 21.7 Å². The first kappa shape index (κ1) is 13.8. The minimum absolute atomic E-state index is 0.0661. The number of hydrazine groups is 1. The molecule has 0 saturated heterocycles. The first-order chi connectivity index (χ1) is 10.2. The van der Waals surface area contributed by atoms with Crippen molar-refractivity contribution in [2.24, 2.45) is 5.84 Å². The Morgan fingerprint density at radius 1 is 1.33 bits per heavy atom. The zero-order chi connectivity index (χ0) is 14.8. The van der Waals surface area contributed by atoms with Crippen LogP contribution < -0.4 is 11.3 Å². The molecule has 0 atom stereocenters. The highest BCUT2D eigenvalue weighted by molar-refractivity contribution is 7.99. The summed E-state index contributed by atoms with van der Waals surface area (Å²) >= 11 is 1.24. The molecule has 8 heteroatoms. The number of nitrogen functional groups attached to an aromatic ring is 1. The molecule has 7 nitrogen and oxygen atoms in total. The van der Waals surface area contributed by atoms with Crippen molar-refractivity contribution in [3.8, 4) is 0 Å². The maximum absolute atomic E-state index is 11.0. The predicted molar refractivity (Wildman–Crippen MR) is 79.0 cm³/mol. The van der Waals surface area contributed by atoms with Crippen molar-refractivity contribution >= 4 is 23.3 Å². The molecule has 108 valence electrons. The van der Waals surface area contributed by atoms with Gasteiger partial charge in [-0.3, -0.25) is 10.1 Å². The molecule has 1 aromatic heterocycles. The Bertz CT molecular complexity index is 690. The van der Waals surface area contributed by atoms with E-state index >= 15 is 0 Å². The highest BCUT2D eigenvalue weighted by Crippen LogP contribution is 2.40. The van der Waals surface area contributed by atoms with Gasteiger partial charge in [-0.25, -0.2) is 15.8 Å². The van der Waals surface area contributed by atoms with Crippen LogP contribution in [-0.4, -0.2) is 14.9 Å². The fourth-order valence-electron chi connectivity index (χ4n) is 1.90. The fraction of sp³-hybridized carbons (Fsp3) is 0.231. The van der Waals surface area contributed by atoms with Crippen LogP contribution in [0, 0.1) is 10.1 Å². The Labute approximate surface area is 125 Å². The number of rotatable bonds is 5. The van der Waals surface area contributed by atoms with E-state index in [1.165, 1.54) is 17.8 Å². The molecule has 0 amide bonds. The van der Waals surface area contributed by atoms with Gasteiger partial charge in [0.2, 0.25) is 0 Å². The lowest BCUT2D eigenvalue weighted by atomic mass is 10.3. The number of hydrogen-bond donors (Lipinski definition) is 2. The molecule has 1 saturated carbocycles. The Hall–Kier alpha value is -2.19. The quantitative estimate of drug-likeness (QED) is 0.378. The summed E-state index contributed by atoms with van der Waals surface area (Å²) in [6.45, 7) is 0. The molecule has 3 rings (SSSR count). The summed E-state index contributed by atoms with van der Waals surface area (Å²) in [4.78, 5) is 20.0. The topological polar surface area (TPSA) is 107 Å². The number of nitrogens with one attached hydrogen (secondary N) is 1. The largest absolute Gasteiger partial charge is 0.308 e. The van der Waals surface area contributed by atoms with E-state index in [1.807, 2.05) is 0 Å². The zero-order valence-corrected chi connectivity index (χ0v) is 11.8. The lowest BCUT2D eigenvalue weighted by Crippen LogP contribution is -2.10. The van der Waals surface area contributed by atoms with Crippen LogP contribution in [0.1, 0.15) is 24.6 Å². The maximum atomic E-state index is 11.0. The summed E-state index contributed by atoms with van der Waals surface area (Å²) in [5, 5.41) is 11.7. The maximum Gasteiger partial charge on any atom is 0.283 e.